The number of ether oxygens (including phenoxy) is 6. The molecule has 0 saturated carbocycles. The van der Waals surface area contributed by atoms with Crippen molar-refractivity contribution in [1.29, 1.82) is 0 Å². The molecule has 17 nitrogen and oxygen atoms in total. The van der Waals surface area contributed by atoms with Crippen LogP contribution >= 0.6 is 11.4 Å². The molecule has 0 aromatic heterocycles. The van der Waals surface area contributed by atoms with Crippen molar-refractivity contribution in [2.45, 2.75) is 165 Å². The van der Waals surface area contributed by atoms with Gasteiger partial charge in [0, 0.05) is 53.2 Å². The molecule has 0 radical (unpaired) electrons. The van der Waals surface area contributed by atoms with Crippen molar-refractivity contribution in [1.82, 2.24) is 4.31 Å². The maximum atomic E-state index is 12.5. The van der Waals surface area contributed by atoms with Crippen LogP contribution in [0.15, 0.2) is 0 Å². The molecule has 5 atom stereocenters. The summed E-state index contributed by atoms with van der Waals surface area (Å²) in [5.41, 5.74) is -5.99. The topological polar surface area (TPSA) is 266 Å². The second-order valence-electron chi connectivity index (χ2n) is 15.9. The van der Waals surface area contributed by atoms with E-state index in [1.165, 1.54) is 21.0 Å². The monoisotopic (exact) mass is 1020 g/mol. The van der Waals surface area contributed by atoms with Gasteiger partial charge in [0.2, 0.25) is 5.60 Å². The number of aliphatic hydroxyl groups is 2. The van der Waals surface area contributed by atoms with Crippen LogP contribution in [0.2, 0.25) is 0 Å². The van der Waals surface area contributed by atoms with Gasteiger partial charge < -0.3 is 54.7 Å². The minimum absolute atomic E-state index is 0. The smallest absolute Gasteiger partial charge is 0.870 e. The summed E-state index contributed by atoms with van der Waals surface area (Å²) in [6.45, 7) is 8.27. The average molecular weight is 1020 g/mol. The van der Waals surface area contributed by atoms with E-state index in [1.54, 1.807) is 6.92 Å². The van der Waals surface area contributed by atoms with Gasteiger partial charge in [-0.15, -0.1) is 11.7 Å². The Kier molecular flexibility index (Phi) is 40.5. The quantitative estimate of drug-likeness (QED) is 0.0921. The Labute approximate surface area is 409 Å². The number of rotatable bonds is 15. The molecule has 5 fully saturated rings. The molecule has 5 aliphatic rings. The van der Waals surface area contributed by atoms with E-state index < -0.39 is 58.4 Å². The summed E-state index contributed by atoms with van der Waals surface area (Å²) >= 11 is -5.05. The molecule has 5 rings (SSSR count). The number of Topliss-reactive ketones (excluding diaryl/α,β-unsaturated/α-hetero) is 3. The first-order valence-electron chi connectivity index (χ1n) is 21.9. The molecule has 0 aromatic rings. The summed E-state index contributed by atoms with van der Waals surface area (Å²) in [4.78, 5) is 54.1. The predicted octanol–water partition coefficient (Wildman–Crippen LogP) is 3.15. The van der Waals surface area contributed by atoms with Crippen LogP contribution in [0.1, 0.15) is 124 Å². The number of hydrogen-bond acceptors (Lipinski definition) is 15. The second-order valence-corrected chi connectivity index (χ2v) is 17.1. The molecular weight excluding hydrogens is 946 g/mol. The third-order valence-corrected chi connectivity index (χ3v) is 12.1. The van der Waals surface area contributed by atoms with Crippen molar-refractivity contribution in [3.05, 3.63) is 0 Å². The summed E-state index contributed by atoms with van der Waals surface area (Å²) in [6.07, 6.45) is 5.43. The Bertz CT molecular complexity index is 1320. The zero-order valence-corrected chi connectivity index (χ0v) is 41.1. The zero-order valence-electron chi connectivity index (χ0n) is 40.3. The van der Waals surface area contributed by atoms with Gasteiger partial charge in [-0.1, -0.05) is 6.92 Å². The van der Waals surface area contributed by atoms with E-state index in [4.69, 9.17) is 34.3 Å². The number of methoxy groups -OCH3 is 1. The van der Waals surface area contributed by atoms with Gasteiger partial charge >= 0.3 is 24.8 Å². The minimum atomic E-state index is -5.05. The molecule has 5 heterocycles. The van der Waals surface area contributed by atoms with Crippen molar-refractivity contribution in [2.75, 3.05) is 73.1 Å². The van der Waals surface area contributed by atoms with Crippen LogP contribution in [0.3, 0.4) is 0 Å². The Balaban J connectivity index is -0.000000360. The number of aldehydes is 1. The van der Waals surface area contributed by atoms with E-state index >= 15 is 0 Å². The SMILES string of the molecule is CC(=O)C1(C(F)F)CCCCO1.CC(=O)C1(C=O)CCCCO1.CC(=O)C1(CO)CCCCO1.CCCN(CCOC)S(F)(F)F.O.O=C(O)C1(C(F)F)CCCCO1.OCC1CCCO1.[Li+].[OH-]. The number of aliphatic hydroxyl groups excluding tert-OH is 2. The van der Waals surface area contributed by atoms with E-state index in [1.807, 2.05) is 0 Å². The first-order valence-corrected chi connectivity index (χ1v) is 23.2. The Hall–Kier alpha value is -1.83. The fourth-order valence-electron chi connectivity index (χ4n) is 6.86. The Morgan fingerprint density at radius 2 is 1.21 bits per heavy atom. The number of carbonyl (C=O) groups is 5. The van der Waals surface area contributed by atoms with E-state index in [-0.39, 0.29) is 106 Å². The number of halogens is 7. The molecule has 5 saturated heterocycles. The first kappa shape index (κ1) is 72.7. The third-order valence-electron chi connectivity index (χ3n) is 11.1. The molecule has 6 N–H and O–H groups in total. The molecule has 5 unspecified atom stereocenters. The van der Waals surface area contributed by atoms with E-state index in [9.17, 15) is 53.2 Å². The van der Waals surface area contributed by atoms with Gasteiger partial charge in [0.25, 0.3) is 24.2 Å². The van der Waals surface area contributed by atoms with Gasteiger partial charge in [0.1, 0.15) is 5.60 Å². The third kappa shape index (κ3) is 24.5. The number of hydrogen-bond donors (Lipinski definition) is 3. The van der Waals surface area contributed by atoms with Gasteiger partial charge in [0.15, 0.2) is 34.8 Å². The van der Waals surface area contributed by atoms with Gasteiger partial charge in [0.05, 0.1) is 25.9 Å². The van der Waals surface area contributed by atoms with Gasteiger partial charge in [-0.2, -0.15) is 4.31 Å². The van der Waals surface area contributed by atoms with Crippen LogP contribution in [-0.4, -0.2) is 175 Å². The standard InChI is InChI=1S/C8H12F2O2.C8H14O3.C8H12O3.C7H10F2O3.C6H14F3NOS.C5H10O2.Li.2H2O/c1-6(11)8(7(9)10)4-2-3-5-12-8;2*1-7(10)8(6-9)4-2-3-5-11-8;8-5(9)7(6(10)11)3-1-2-4-12-7;1-3-4-10(5-6-11-2)12(7,8)9;6-4-5-2-1-3-7-5;;;/h7H,2-5H2,1H3;9H,2-6H2,1H3;6H,2-5H2,1H3;5H,1-4H2,(H,10,11);3-6H2,1-2H3;5-6H,1-4H2;;2*1H2/q;;;;;;+1;;/p-1. The van der Waals surface area contributed by atoms with E-state index in [0.717, 1.165) is 58.5 Å². The number of alkyl halides is 4. The van der Waals surface area contributed by atoms with Crippen molar-refractivity contribution in [2.24, 2.45) is 0 Å². The first-order chi connectivity index (χ1) is 30.6. The Morgan fingerprint density at radius 3 is 1.41 bits per heavy atom. The van der Waals surface area contributed by atoms with Crippen LogP contribution in [0.4, 0.5) is 29.2 Å². The van der Waals surface area contributed by atoms with Crippen LogP contribution in [0.25, 0.3) is 0 Å². The molecule has 400 valence electrons. The summed E-state index contributed by atoms with van der Waals surface area (Å²) in [6, 6.07) is 0. The normalized spacial score (nSPS) is 26.7. The Morgan fingerprint density at radius 1 is 0.721 bits per heavy atom. The summed E-state index contributed by atoms with van der Waals surface area (Å²) in [7, 11) is 1.40. The molecular formula is C42H75F7LiNO16S. The molecule has 0 bridgehead atoms. The number of carboxylic acid groups (broad SMARTS) is 1. The molecule has 0 spiro atoms. The van der Waals surface area contributed by atoms with E-state index in [2.05, 4.69) is 9.47 Å². The van der Waals surface area contributed by atoms with Crippen LogP contribution in [-0.2, 0) is 52.4 Å². The van der Waals surface area contributed by atoms with Crippen LogP contribution in [0.5, 0.6) is 0 Å². The molecule has 0 amide bonds. The fraction of sp³-hybridized carbons (Fsp3) is 0.881. The number of aliphatic carboxylic acids is 1. The molecule has 68 heavy (non-hydrogen) atoms. The average Bonchev–Trinajstić information content (AvgIpc) is 3.84. The second kappa shape index (κ2) is 37.9. The van der Waals surface area contributed by atoms with Crippen molar-refractivity contribution in [3.63, 3.8) is 0 Å². The van der Waals surface area contributed by atoms with Crippen LogP contribution < -0.4 is 18.9 Å². The predicted molar refractivity (Wildman–Crippen MR) is 231 cm³/mol. The van der Waals surface area contributed by atoms with Gasteiger partial charge in [-0.3, -0.25) is 19.2 Å². The maximum Gasteiger partial charge on any atom is 1.00 e. The minimum Gasteiger partial charge on any atom is -0.870 e. The molecule has 26 heteroatoms. The maximum absolute atomic E-state index is 12.5. The van der Waals surface area contributed by atoms with Crippen molar-refractivity contribution in [3.8, 4) is 0 Å². The number of carboxylic acids is 1. The van der Waals surface area contributed by atoms with Crippen LogP contribution in [0, 0.1) is 0 Å². The number of carbonyl (C=O) groups excluding carboxylic acids is 4. The molecule has 0 aliphatic carbocycles. The van der Waals surface area contributed by atoms with Gasteiger partial charge in [-0.05, 0) is 117 Å². The largest absolute Gasteiger partial charge is 1.00 e. The molecule has 5 aliphatic heterocycles. The number of ketones is 3. The number of nitrogens with zero attached hydrogens (tertiary/aromatic N) is 1. The zero-order chi connectivity index (χ0) is 49.7. The van der Waals surface area contributed by atoms with Crippen molar-refractivity contribution < 1.29 is 127 Å². The summed E-state index contributed by atoms with van der Waals surface area (Å²) in [5, 5.41) is 26.0. The van der Waals surface area contributed by atoms with Gasteiger partial charge in [-0.25, -0.2) is 22.4 Å². The fourth-order valence-corrected chi connectivity index (χ4v) is 7.53. The van der Waals surface area contributed by atoms with Crippen molar-refractivity contribution >= 4 is 41.0 Å². The molecule has 0 aromatic carbocycles. The van der Waals surface area contributed by atoms with E-state index in [0.29, 0.717) is 62.3 Å². The summed E-state index contributed by atoms with van der Waals surface area (Å²) in [5.74, 6) is -2.35. The summed E-state index contributed by atoms with van der Waals surface area (Å²) < 4.78 is 116.